The standard InChI is InChI=1S/C12H15NO4/c14-11(8-10-2-1-7-17-10)13-5-3-9(4-6-13)12(15)16/h1-2,7,9H,3-6,8H2,(H,15,16). The molecular weight excluding hydrogens is 222 g/mol. The first-order valence-corrected chi connectivity index (χ1v) is 5.70. The monoisotopic (exact) mass is 237 g/mol. The van der Waals surface area contributed by atoms with Gasteiger partial charge in [0.05, 0.1) is 18.6 Å². The minimum absolute atomic E-state index is 0.00351. The first-order chi connectivity index (χ1) is 8.16. The van der Waals surface area contributed by atoms with Gasteiger partial charge in [-0.25, -0.2) is 0 Å². The molecular formula is C12H15NO4. The summed E-state index contributed by atoms with van der Waals surface area (Å²) < 4.78 is 5.11. The number of piperidine rings is 1. The Morgan fingerprint density at radius 2 is 2.12 bits per heavy atom. The van der Waals surface area contributed by atoms with Gasteiger partial charge in [-0.2, -0.15) is 0 Å². The largest absolute Gasteiger partial charge is 0.481 e. The van der Waals surface area contributed by atoms with Crippen LogP contribution in [0.1, 0.15) is 18.6 Å². The fourth-order valence-corrected chi connectivity index (χ4v) is 2.05. The van der Waals surface area contributed by atoms with Crippen molar-refractivity contribution in [2.24, 2.45) is 5.92 Å². The van der Waals surface area contributed by atoms with Gasteiger partial charge in [0.2, 0.25) is 5.91 Å². The molecule has 5 nitrogen and oxygen atoms in total. The van der Waals surface area contributed by atoms with Gasteiger partial charge in [0, 0.05) is 13.1 Å². The SMILES string of the molecule is O=C(O)C1CCN(C(=O)Cc2ccco2)CC1. The second kappa shape index (κ2) is 5.03. The Hall–Kier alpha value is -1.78. The van der Waals surface area contributed by atoms with Crippen molar-refractivity contribution in [1.29, 1.82) is 0 Å². The fourth-order valence-electron chi connectivity index (χ4n) is 2.05. The number of carbonyl (C=O) groups excluding carboxylic acids is 1. The van der Waals surface area contributed by atoms with Crippen LogP contribution in [0.4, 0.5) is 0 Å². The second-order valence-corrected chi connectivity index (χ2v) is 4.25. The fraction of sp³-hybridized carbons (Fsp3) is 0.500. The molecule has 1 fully saturated rings. The molecule has 1 N–H and O–H groups in total. The lowest BCUT2D eigenvalue weighted by Crippen LogP contribution is -2.40. The first-order valence-electron chi connectivity index (χ1n) is 5.70. The summed E-state index contributed by atoms with van der Waals surface area (Å²) in [5.74, 6) is -0.412. The van der Waals surface area contributed by atoms with E-state index in [1.165, 1.54) is 0 Å². The minimum atomic E-state index is -0.761. The third-order valence-electron chi connectivity index (χ3n) is 3.10. The Morgan fingerprint density at radius 1 is 1.41 bits per heavy atom. The number of aliphatic carboxylic acids is 1. The van der Waals surface area contributed by atoms with Crippen molar-refractivity contribution < 1.29 is 19.1 Å². The van der Waals surface area contributed by atoms with E-state index in [9.17, 15) is 9.59 Å². The average Bonchev–Trinajstić information content (AvgIpc) is 2.82. The zero-order valence-corrected chi connectivity index (χ0v) is 9.46. The van der Waals surface area contributed by atoms with Crippen LogP contribution in [0.3, 0.4) is 0 Å². The highest BCUT2D eigenvalue weighted by molar-refractivity contribution is 5.78. The van der Waals surface area contributed by atoms with Gasteiger partial charge in [-0.3, -0.25) is 9.59 Å². The van der Waals surface area contributed by atoms with E-state index < -0.39 is 5.97 Å². The summed E-state index contributed by atoms with van der Waals surface area (Å²) in [5, 5.41) is 8.85. The predicted octanol–water partition coefficient (Wildman–Crippen LogP) is 1.15. The van der Waals surface area contributed by atoms with Crippen molar-refractivity contribution in [2.45, 2.75) is 19.3 Å². The Morgan fingerprint density at radius 3 is 2.65 bits per heavy atom. The molecule has 1 aliphatic heterocycles. The third-order valence-corrected chi connectivity index (χ3v) is 3.10. The van der Waals surface area contributed by atoms with Crippen LogP contribution in [0.5, 0.6) is 0 Å². The van der Waals surface area contributed by atoms with E-state index in [4.69, 9.17) is 9.52 Å². The van der Waals surface area contributed by atoms with Gasteiger partial charge in [0.15, 0.2) is 0 Å². The molecule has 0 radical (unpaired) electrons. The van der Waals surface area contributed by atoms with E-state index in [1.807, 2.05) is 0 Å². The molecule has 1 aromatic heterocycles. The number of carbonyl (C=O) groups is 2. The van der Waals surface area contributed by atoms with Gasteiger partial charge in [0.25, 0.3) is 0 Å². The Bertz CT molecular complexity index is 391. The summed E-state index contributed by atoms with van der Waals surface area (Å²) >= 11 is 0. The van der Waals surface area contributed by atoms with Crippen molar-refractivity contribution in [3.05, 3.63) is 24.2 Å². The summed E-state index contributed by atoms with van der Waals surface area (Å²) in [7, 11) is 0. The van der Waals surface area contributed by atoms with E-state index in [-0.39, 0.29) is 18.2 Å². The molecule has 1 saturated heterocycles. The Kier molecular flexibility index (Phi) is 3.46. The first kappa shape index (κ1) is 11.7. The number of carboxylic acid groups (broad SMARTS) is 1. The molecule has 92 valence electrons. The van der Waals surface area contributed by atoms with Crippen LogP contribution in [-0.4, -0.2) is 35.0 Å². The lowest BCUT2D eigenvalue weighted by molar-refractivity contribution is -0.145. The molecule has 1 aromatic rings. The van der Waals surface area contributed by atoms with Crippen LogP contribution in [0, 0.1) is 5.92 Å². The third kappa shape index (κ3) is 2.87. The maximum Gasteiger partial charge on any atom is 0.306 e. The van der Waals surface area contributed by atoms with Crippen molar-refractivity contribution >= 4 is 11.9 Å². The van der Waals surface area contributed by atoms with Gasteiger partial charge < -0.3 is 14.4 Å². The van der Waals surface area contributed by atoms with Gasteiger partial charge in [-0.1, -0.05) is 0 Å². The number of furan rings is 1. The van der Waals surface area contributed by atoms with Crippen LogP contribution in [0.15, 0.2) is 22.8 Å². The quantitative estimate of drug-likeness (QED) is 0.855. The molecule has 0 aliphatic carbocycles. The lowest BCUT2D eigenvalue weighted by atomic mass is 9.97. The molecule has 1 amide bonds. The van der Waals surface area contributed by atoms with Crippen molar-refractivity contribution in [2.75, 3.05) is 13.1 Å². The zero-order chi connectivity index (χ0) is 12.3. The lowest BCUT2D eigenvalue weighted by Gasteiger charge is -2.29. The van der Waals surface area contributed by atoms with Crippen molar-refractivity contribution in [3.63, 3.8) is 0 Å². The van der Waals surface area contributed by atoms with Crippen LogP contribution >= 0.6 is 0 Å². The summed E-state index contributed by atoms with van der Waals surface area (Å²) in [6.07, 6.45) is 2.88. The van der Waals surface area contributed by atoms with E-state index in [0.717, 1.165) is 0 Å². The van der Waals surface area contributed by atoms with Crippen LogP contribution in [0.2, 0.25) is 0 Å². The predicted molar refractivity (Wildman–Crippen MR) is 59.4 cm³/mol. The average molecular weight is 237 g/mol. The molecule has 0 bridgehead atoms. The molecule has 2 rings (SSSR count). The summed E-state index contributed by atoms with van der Waals surface area (Å²) in [6, 6.07) is 3.52. The molecule has 0 saturated carbocycles. The molecule has 17 heavy (non-hydrogen) atoms. The highest BCUT2D eigenvalue weighted by Crippen LogP contribution is 2.18. The maximum absolute atomic E-state index is 11.9. The van der Waals surface area contributed by atoms with Gasteiger partial charge in [-0.05, 0) is 25.0 Å². The summed E-state index contributed by atoms with van der Waals surface area (Å²) in [6.45, 7) is 1.05. The molecule has 5 heteroatoms. The van der Waals surface area contributed by atoms with Crippen molar-refractivity contribution in [1.82, 2.24) is 4.90 Å². The van der Waals surface area contributed by atoms with Crippen LogP contribution < -0.4 is 0 Å². The topological polar surface area (TPSA) is 70.8 Å². The van der Waals surface area contributed by atoms with E-state index in [0.29, 0.717) is 31.7 Å². The normalized spacial score (nSPS) is 17.1. The molecule has 1 aliphatic rings. The number of nitrogens with zero attached hydrogens (tertiary/aromatic N) is 1. The Balaban J connectivity index is 1.84. The van der Waals surface area contributed by atoms with E-state index in [1.54, 1.807) is 23.3 Å². The van der Waals surface area contributed by atoms with E-state index in [2.05, 4.69) is 0 Å². The minimum Gasteiger partial charge on any atom is -0.481 e. The molecule has 0 spiro atoms. The molecule has 0 atom stereocenters. The summed E-state index contributed by atoms with van der Waals surface area (Å²) in [4.78, 5) is 24.3. The van der Waals surface area contributed by atoms with Gasteiger partial charge in [-0.15, -0.1) is 0 Å². The maximum atomic E-state index is 11.9. The highest BCUT2D eigenvalue weighted by atomic mass is 16.4. The number of hydrogen-bond donors (Lipinski definition) is 1. The van der Waals surface area contributed by atoms with Gasteiger partial charge in [0.1, 0.15) is 5.76 Å². The molecule has 2 heterocycles. The number of amides is 1. The second-order valence-electron chi connectivity index (χ2n) is 4.25. The van der Waals surface area contributed by atoms with Crippen LogP contribution in [-0.2, 0) is 16.0 Å². The number of likely N-dealkylation sites (tertiary alicyclic amines) is 1. The van der Waals surface area contributed by atoms with Crippen molar-refractivity contribution in [3.8, 4) is 0 Å². The number of rotatable bonds is 3. The molecule has 0 unspecified atom stereocenters. The smallest absolute Gasteiger partial charge is 0.306 e. The molecule has 0 aromatic carbocycles. The van der Waals surface area contributed by atoms with Gasteiger partial charge >= 0.3 is 5.97 Å². The van der Waals surface area contributed by atoms with Crippen LogP contribution in [0.25, 0.3) is 0 Å². The summed E-state index contributed by atoms with van der Waals surface area (Å²) in [5.41, 5.74) is 0. The highest BCUT2D eigenvalue weighted by Gasteiger charge is 2.27. The van der Waals surface area contributed by atoms with E-state index >= 15 is 0 Å². The zero-order valence-electron chi connectivity index (χ0n) is 9.46. The number of carboxylic acids is 1. The number of hydrogen-bond acceptors (Lipinski definition) is 3. The Labute approximate surface area is 99.0 Å².